The van der Waals surface area contributed by atoms with Gasteiger partial charge in [-0.05, 0) is 31.9 Å². The highest BCUT2D eigenvalue weighted by Crippen LogP contribution is 2.16. The Labute approximate surface area is 157 Å². The monoisotopic (exact) mass is 381 g/mol. The number of carbonyl (C=O) groups is 3. The number of para-hydroxylation sites is 1. The van der Waals surface area contributed by atoms with Crippen LogP contribution in [0.5, 0.6) is 0 Å². The number of nitrogens with two attached hydrogens (primary N) is 3. The van der Waals surface area contributed by atoms with Gasteiger partial charge in [-0.25, -0.2) is 4.79 Å². The molecule has 0 radical (unpaired) electrons. The topological polar surface area (TPSA) is 185 Å². The molecule has 8 N–H and O–H groups in total. The Kier molecular flexibility index (Phi) is 10.8. The molecule has 0 bridgehead atoms. The number of aliphatic imine (C=N–C) groups is 1. The van der Waals surface area contributed by atoms with Gasteiger partial charge in [-0.3, -0.25) is 19.5 Å². The third kappa shape index (κ3) is 9.80. The van der Waals surface area contributed by atoms with Crippen molar-refractivity contribution in [2.45, 2.75) is 38.8 Å². The van der Waals surface area contributed by atoms with Crippen molar-refractivity contribution in [3.8, 4) is 0 Å². The molecule has 150 valence electrons. The van der Waals surface area contributed by atoms with E-state index in [2.05, 4.69) is 4.99 Å². The third-order valence-corrected chi connectivity index (χ3v) is 3.40. The van der Waals surface area contributed by atoms with Gasteiger partial charge in [0.15, 0.2) is 5.96 Å². The molecule has 10 heteroatoms. The van der Waals surface area contributed by atoms with Crippen LogP contribution in [0.4, 0.5) is 5.69 Å². The van der Waals surface area contributed by atoms with Gasteiger partial charge in [-0.1, -0.05) is 18.2 Å². The largest absolute Gasteiger partial charge is 0.480 e. The zero-order valence-electron chi connectivity index (χ0n) is 15.4. The van der Waals surface area contributed by atoms with Crippen LogP contribution in [0.15, 0.2) is 35.3 Å². The molecule has 1 aromatic rings. The fourth-order valence-electron chi connectivity index (χ4n) is 2.02. The zero-order valence-corrected chi connectivity index (χ0v) is 15.4. The minimum atomic E-state index is -1.02. The van der Waals surface area contributed by atoms with Gasteiger partial charge in [0, 0.05) is 19.2 Å². The molecule has 2 atom stereocenters. The van der Waals surface area contributed by atoms with E-state index >= 15 is 0 Å². The quantitative estimate of drug-likeness (QED) is 0.236. The number of aliphatic carboxylic acids is 2. The maximum absolute atomic E-state index is 11.4. The van der Waals surface area contributed by atoms with Gasteiger partial charge in [0.1, 0.15) is 12.1 Å². The van der Waals surface area contributed by atoms with Crippen molar-refractivity contribution >= 4 is 29.5 Å². The molecule has 0 spiro atoms. The van der Waals surface area contributed by atoms with E-state index in [4.69, 9.17) is 27.4 Å². The van der Waals surface area contributed by atoms with Gasteiger partial charge in [-0.2, -0.15) is 0 Å². The minimum Gasteiger partial charge on any atom is -0.480 e. The van der Waals surface area contributed by atoms with Crippen LogP contribution in [0.1, 0.15) is 26.7 Å². The molecular formula is C17H27N5O5. The second-order valence-electron chi connectivity index (χ2n) is 5.63. The first-order chi connectivity index (χ1) is 12.6. The second-order valence-corrected chi connectivity index (χ2v) is 5.63. The van der Waals surface area contributed by atoms with Crippen LogP contribution < -0.4 is 22.1 Å². The van der Waals surface area contributed by atoms with Crippen LogP contribution in [0.25, 0.3) is 0 Å². The van der Waals surface area contributed by atoms with Crippen LogP contribution in [-0.2, 0) is 14.4 Å². The Balaban J connectivity index is 0.000000516. The number of carboxylic acid groups (broad SMARTS) is 2. The maximum Gasteiger partial charge on any atom is 0.326 e. The summed E-state index contributed by atoms with van der Waals surface area (Å²) in [5.74, 6) is -2.29. The minimum absolute atomic E-state index is 0.0129. The van der Waals surface area contributed by atoms with E-state index in [1.54, 1.807) is 24.3 Å². The van der Waals surface area contributed by atoms with Crippen LogP contribution in [-0.4, -0.2) is 52.6 Å². The molecule has 27 heavy (non-hydrogen) atoms. The van der Waals surface area contributed by atoms with E-state index in [1.165, 1.54) is 18.7 Å². The lowest BCUT2D eigenvalue weighted by atomic mass is 10.2. The first-order valence-electron chi connectivity index (χ1n) is 8.19. The first kappa shape index (κ1) is 23.9. The number of amides is 1. The smallest absolute Gasteiger partial charge is 0.326 e. The summed E-state index contributed by atoms with van der Waals surface area (Å²) in [6.45, 7) is 3.26. The summed E-state index contributed by atoms with van der Waals surface area (Å²) in [5, 5.41) is 17.2. The molecule has 0 aliphatic rings. The summed E-state index contributed by atoms with van der Waals surface area (Å²) in [6.07, 6.45) is 0.956. The van der Waals surface area contributed by atoms with Crippen molar-refractivity contribution in [2.24, 2.45) is 22.2 Å². The predicted octanol–water partition coefficient (Wildman–Crippen LogP) is -0.0355. The Morgan fingerprint density at radius 3 is 2.07 bits per heavy atom. The summed E-state index contributed by atoms with van der Waals surface area (Å²) in [4.78, 5) is 37.3. The number of carboxylic acids is 2. The van der Waals surface area contributed by atoms with Gasteiger partial charge in [0.25, 0.3) is 0 Å². The van der Waals surface area contributed by atoms with Crippen molar-refractivity contribution in [1.82, 2.24) is 0 Å². The number of hydrogen-bond donors (Lipinski definition) is 5. The fourth-order valence-corrected chi connectivity index (χ4v) is 2.02. The number of anilines is 1. The number of nitrogens with zero attached hydrogens (tertiary/aromatic N) is 2. The van der Waals surface area contributed by atoms with Crippen LogP contribution in [0, 0.1) is 0 Å². The summed E-state index contributed by atoms with van der Waals surface area (Å²) in [6, 6.07) is 7.08. The highest BCUT2D eigenvalue weighted by molar-refractivity contribution is 5.97. The van der Waals surface area contributed by atoms with E-state index in [0.29, 0.717) is 25.1 Å². The number of carbonyl (C=O) groups excluding carboxylic acids is 1. The highest BCUT2D eigenvalue weighted by Gasteiger charge is 2.24. The molecule has 0 unspecified atom stereocenters. The lowest BCUT2D eigenvalue weighted by Crippen LogP contribution is -2.42. The molecule has 0 heterocycles. The van der Waals surface area contributed by atoms with E-state index in [9.17, 15) is 14.4 Å². The van der Waals surface area contributed by atoms with Crippen LogP contribution in [0.3, 0.4) is 0 Å². The third-order valence-electron chi connectivity index (χ3n) is 3.40. The average molecular weight is 381 g/mol. The molecule has 10 nitrogen and oxygen atoms in total. The Hall–Kier alpha value is -3.14. The molecular weight excluding hydrogens is 354 g/mol. The molecule has 0 aliphatic heterocycles. The van der Waals surface area contributed by atoms with E-state index in [1.807, 2.05) is 6.07 Å². The Bertz CT molecular complexity index is 646. The standard InChI is InChI=1S/C11H13NO3.C6H14N4O2/c1-8(11(14)15)12(9(2)13)10-6-4-3-5-7-10;7-4(5(11)12)2-1-3-10-6(8)9/h3-8H,1-2H3,(H,14,15);4H,1-3,7H2,(H,11,12)(H4,8,9,10)/t8-;4-/m00/s1. The first-order valence-corrected chi connectivity index (χ1v) is 8.19. The van der Waals surface area contributed by atoms with Crippen LogP contribution in [0.2, 0.25) is 0 Å². The van der Waals surface area contributed by atoms with Gasteiger partial charge < -0.3 is 27.4 Å². The molecule has 1 amide bonds. The molecule has 0 saturated carbocycles. The van der Waals surface area contributed by atoms with Crippen molar-refractivity contribution in [3.63, 3.8) is 0 Å². The van der Waals surface area contributed by atoms with Crippen LogP contribution >= 0.6 is 0 Å². The fraction of sp³-hybridized carbons (Fsp3) is 0.412. The van der Waals surface area contributed by atoms with Crippen molar-refractivity contribution in [2.75, 3.05) is 11.4 Å². The van der Waals surface area contributed by atoms with Crippen molar-refractivity contribution in [1.29, 1.82) is 0 Å². The summed E-state index contributed by atoms with van der Waals surface area (Å²) in [7, 11) is 0. The maximum atomic E-state index is 11.4. The molecule has 0 saturated heterocycles. The molecule has 1 rings (SSSR count). The SMILES string of the molecule is CC(=O)N(c1ccccc1)[C@@H](C)C(=O)O.NC(N)=NCCC[C@H](N)C(=O)O. The normalized spacial score (nSPS) is 12.0. The second kappa shape index (κ2) is 12.3. The van der Waals surface area contributed by atoms with Gasteiger partial charge >= 0.3 is 11.9 Å². The lowest BCUT2D eigenvalue weighted by Gasteiger charge is -2.25. The summed E-state index contributed by atoms with van der Waals surface area (Å²) >= 11 is 0. The van der Waals surface area contributed by atoms with E-state index in [-0.39, 0.29) is 11.9 Å². The number of hydrogen-bond acceptors (Lipinski definition) is 5. The molecule has 0 fully saturated rings. The summed E-state index contributed by atoms with van der Waals surface area (Å²) < 4.78 is 0. The van der Waals surface area contributed by atoms with Crippen molar-refractivity contribution in [3.05, 3.63) is 30.3 Å². The Morgan fingerprint density at radius 2 is 1.67 bits per heavy atom. The molecule has 0 aliphatic carbocycles. The average Bonchev–Trinajstić information content (AvgIpc) is 2.59. The van der Waals surface area contributed by atoms with Crippen molar-refractivity contribution < 1.29 is 24.6 Å². The Morgan fingerprint density at radius 1 is 1.11 bits per heavy atom. The highest BCUT2D eigenvalue weighted by atomic mass is 16.4. The van der Waals surface area contributed by atoms with Gasteiger partial charge in [0.2, 0.25) is 5.91 Å². The van der Waals surface area contributed by atoms with E-state index in [0.717, 1.165) is 0 Å². The van der Waals surface area contributed by atoms with Gasteiger partial charge in [0.05, 0.1) is 0 Å². The zero-order chi connectivity index (χ0) is 21.0. The number of guanidine groups is 1. The van der Waals surface area contributed by atoms with Gasteiger partial charge in [-0.15, -0.1) is 0 Å². The molecule has 1 aromatic carbocycles. The number of benzene rings is 1. The summed E-state index contributed by atoms with van der Waals surface area (Å²) in [5.41, 5.74) is 15.9. The number of rotatable bonds is 8. The molecule has 0 aromatic heterocycles. The lowest BCUT2D eigenvalue weighted by molar-refractivity contribution is -0.139. The van der Waals surface area contributed by atoms with E-state index < -0.39 is 24.0 Å². The predicted molar refractivity (Wildman–Crippen MR) is 102 cm³/mol.